The molecule has 0 aliphatic rings. The smallest absolute Gasteiger partial charge is 0.372 e. The Balaban J connectivity index is 0.000000451. The van der Waals surface area contributed by atoms with E-state index in [-0.39, 0.29) is 59.8 Å². The predicted octanol–water partition coefficient (Wildman–Crippen LogP) is 22.1. The molecule has 0 atom stereocenters. The summed E-state index contributed by atoms with van der Waals surface area (Å²) < 4.78 is 34.8. The zero-order valence-corrected chi connectivity index (χ0v) is 68.7. The number of hydrogen-bond acceptors (Lipinski definition) is 11. The van der Waals surface area contributed by atoms with Gasteiger partial charge in [0.15, 0.2) is 23.8 Å². The second-order valence-corrected chi connectivity index (χ2v) is 31.0. The molecule has 13 rings (SSSR count). The molecule has 0 aliphatic heterocycles. The molecule has 552 valence electrons. The van der Waals surface area contributed by atoms with Gasteiger partial charge in [-0.05, 0) is 205 Å². The van der Waals surface area contributed by atoms with Gasteiger partial charge in [-0.3, -0.25) is 14.4 Å². The SMILES string of the molecule is C.Cc1ccc2oc(C#CC#N)c(C)c2c1.Cc1ccc2oc(C(=O)Cl)c(C)c2c1.Cc1ccc2oc(C(=O)O)c(C)c2c1.Cc1ccc2oc(C(C#N)=P(C)(c3ccccc3)c3ccccc3)c(C)c2c1.Cl.N#CC[P+](c1ccccc1)(c1ccccc1)c1ccccc1.O=C(Cl)C(=O)Cl.[2H]CC.[2H]CC.[CH3-].[W]. The van der Waals surface area contributed by atoms with Crippen molar-refractivity contribution in [2.45, 2.75) is 90.5 Å². The number of aryl methyl sites for hydroxylation is 8. The number of nitriles is 3. The van der Waals surface area contributed by atoms with Crippen molar-refractivity contribution >= 4 is 159 Å². The summed E-state index contributed by atoms with van der Waals surface area (Å²) in [5.74, 6) is 5.59. The first kappa shape index (κ1) is 89.6. The molecule has 4 heterocycles. The van der Waals surface area contributed by atoms with E-state index < -0.39 is 35.8 Å². The Morgan fingerprint density at radius 2 is 0.776 bits per heavy atom. The van der Waals surface area contributed by atoms with Gasteiger partial charge in [-0.25, -0.2) is 4.79 Å². The predicted molar refractivity (Wildman–Crippen MR) is 448 cm³/mol. The average molecular weight is 1720 g/mol. The van der Waals surface area contributed by atoms with Crippen LogP contribution in [0.25, 0.3) is 43.9 Å². The van der Waals surface area contributed by atoms with Crippen LogP contribution in [0.5, 0.6) is 0 Å². The fraction of sp³-hybridized carbons (Fsp3) is 0.170. The number of carboxylic acids is 1. The zero-order chi connectivity index (χ0) is 77.0. The maximum Gasteiger partial charge on any atom is 0.372 e. The van der Waals surface area contributed by atoms with Crippen LogP contribution in [0.3, 0.4) is 0 Å². The van der Waals surface area contributed by atoms with Gasteiger partial charge >= 0.3 is 16.5 Å². The minimum atomic E-state index is -2.14. The number of carbonyl (C=O) groups excluding carboxylic acids is 3. The minimum absolute atomic E-state index is 0. The second kappa shape index (κ2) is 45.0. The van der Waals surface area contributed by atoms with Gasteiger partial charge in [0.1, 0.15) is 63.4 Å². The molecule has 9 aromatic carbocycles. The van der Waals surface area contributed by atoms with Gasteiger partial charge < -0.3 is 30.2 Å². The fourth-order valence-electron chi connectivity index (χ4n) is 11.2. The number of fused-ring (bicyclic) bond motifs is 4. The number of furan rings is 4. The second-order valence-electron chi connectivity index (χ2n) is 23.0. The van der Waals surface area contributed by atoms with E-state index in [1.165, 1.54) is 37.6 Å². The summed E-state index contributed by atoms with van der Waals surface area (Å²) in [4.78, 5) is 40.6. The number of hydrogen-bond donors (Lipinski definition) is 1. The van der Waals surface area contributed by atoms with Crippen molar-refractivity contribution < 1.29 is 65.8 Å². The molecule has 0 amide bonds. The molecule has 0 bridgehead atoms. The van der Waals surface area contributed by atoms with E-state index in [1.54, 1.807) is 32.9 Å². The Kier molecular flexibility index (Phi) is 37.7. The molecule has 1 N–H and O–H groups in total. The van der Waals surface area contributed by atoms with E-state index in [1.807, 2.05) is 144 Å². The number of halogens is 4. The maximum atomic E-state index is 11.0. The molecule has 19 heteroatoms. The molecule has 12 nitrogen and oxygen atoms in total. The Labute approximate surface area is 668 Å². The van der Waals surface area contributed by atoms with Crippen LogP contribution in [0.1, 0.15) is 115 Å². The van der Waals surface area contributed by atoms with Gasteiger partial charge in [-0.2, -0.15) is 15.8 Å². The summed E-state index contributed by atoms with van der Waals surface area (Å²) in [5, 5.41) is 45.1. The fourth-order valence-corrected chi connectivity index (χ4v) is 18.3. The van der Waals surface area contributed by atoms with Gasteiger partial charge in [0, 0.05) is 73.5 Å². The molecular weight excluding hydrogens is 1630 g/mol. The molecule has 0 spiro atoms. The van der Waals surface area contributed by atoms with Crippen LogP contribution in [0, 0.1) is 109 Å². The van der Waals surface area contributed by atoms with E-state index in [4.69, 9.17) is 42.4 Å². The monoisotopic (exact) mass is 1720 g/mol. The summed E-state index contributed by atoms with van der Waals surface area (Å²) in [6.45, 7) is 20.3. The molecule has 13 aromatic rings. The van der Waals surface area contributed by atoms with Crippen LogP contribution < -0.4 is 26.5 Å². The number of rotatable bonds is 10. The summed E-state index contributed by atoms with van der Waals surface area (Å²) in [7, 11) is -1.91. The van der Waals surface area contributed by atoms with Gasteiger partial charge in [0.2, 0.25) is 5.76 Å². The van der Waals surface area contributed by atoms with Crippen molar-refractivity contribution in [1.82, 2.24) is 0 Å². The van der Waals surface area contributed by atoms with Crippen LogP contribution >= 0.6 is 61.4 Å². The summed E-state index contributed by atoms with van der Waals surface area (Å²) >= 11 is 14.4. The third-order valence-electron chi connectivity index (χ3n) is 16.3. The van der Waals surface area contributed by atoms with Gasteiger partial charge in [0.25, 0.3) is 5.24 Å². The standard InChI is InChI=1S/C25H22NOP.C20H17NP.C13H9NO.C11H9ClO2.C11H10O3.C2Cl2O2.2C2H6.CH4.CH3.ClH.W/c1-18-14-15-23-22(16-18)19(2)25(27-23)24(17-26)28(3,20-10-6-4-7-11-20)21-12-8-5-9-13-21;21-16-17-22(18-10-4-1-5-11-18,19-12-6-2-7-13-19)20-14-8-3-9-15-20;1-9-5-6-13-11(8-9)10(2)12(15-13)4-3-7-14;2*1-6-3-4-9-8(5-6)7(2)10(14-9)11(12)13;3-1(5)2(4)6;2*1-2;;;;/h4-16H,1-3H3;1-15H,17H2;5-6,8H,1-2H3;3-5H,1-2H3;3-5H,1-2H3,(H,12,13);;2*1-2H3;1H4;1H3;1H;/q;+1;;;;;;;;-1;;/i;;;;;;2*1D;;;;. The van der Waals surface area contributed by atoms with Crippen molar-refractivity contribution in [2.75, 3.05) is 12.8 Å². The van der Waals surface area contributed by atoms with E-state index in [2.05, 4.69) is 177 Å². The van der Waals surface area contributed by atoms with Crippen LogP contribution in [-0.4, -0.2) is 44.9 Å². The molecule has 0 aliphatic carbocycles. The third kappa shape index (κ3) is 23.1. The van der Waals surface area contributed by atoms with Gasteiger partial charge in [-0.1, -0.05) is 197 Å². The average Bonchev–Trinajstić information content (AvgIpc) is 1.74. The molecule has 107 heavy (non-hydrogen) atoms. The summed E-state index contributed by atoms with van der Waals surface area (Å²) in [5.41, 5.74) is 11.1. The van der Waals surface area contributed by atoms with Crippen molar-refractivity contribution in [2.24, 2.45) is 0 Å². The number of carbonyl (C=O) groups is 4. The minimum Gasteiger partial charge on any atom is -0.475 e. The van der Waals surface area contributed by atoms with Crippen LogP contribution in [0.2, 0.25) is 0 Å². The Morgan fingerprint density at radius 1 is 0.477 bits per heavy atom. The molecule has 0 radical (unpaired) electrons. The van der Waals surface area contributed by atoms with E-state index in [0.29, 0.717) is 48.2 Å². The van der Waals surface area contributed by atoms with Crippen molar-refractivity contribution in [3.63, 3.8) is 0 Å². The maximum absolute atomic E-state index is 11.0. The number of carboxylic acid groups (broad SMARTS) is 1. The number of aromatic carboxylic acids is 1. The normalized spacial score (nSPS) is 10.1. The third-order valence-corrected chi connectivity index (χ3v) is 25.0. The molecule has 0 saturated heterocycles. The summed E-state index contributed by atoms with van der Waals surface area (Å²) in [6, 6.07) is 82.4. The molecule has 0 fully saturated rings. The molecule has 0 unspecified atom stereocenters. The molecule has 0 saturated carbocycles. The van der Waals surface area contributed by atoms with Crippen LogP contribution in [-0.2, 0) is 30.7 Å². The Morgan fingerprint density at radius 3 is 1.08 bits per heavy atom. The Bertz CT molecular complexity index is 5180. The molecule has 4 aromatic heterocycles. The first-order valence-corrected chi connectivity index (χ1v) is 37.6. The molecular formula is C88H87Cl4N3O9P2W. The first-order chi connectivity index (χ1) is 50.3. The number of benzene rings is 9. The van der Waals surface area contributed by atoms with E-state index >= 15 is 0 Å². The topological polar surface area (TPSA) is 212 Å². The summed E-state index contributed by atoms with van der Waals surface area (Å²) in [6.07, 6.45) is 0.519. The Hall–Kier alpha value is -9.77. The quantitative estimate of drug-likeness (QED) is 0.0445. The first-order valence-electron chi connectivity index (χ1n) is 33.7. The zero-order valence-electron chi connectivity index (χ0n) is 62.9. The van der Waals surface area contributed by atoms with Crippen LogP contribution in [0.4, 0.5) is 0 Å². The van der Waals surface area contributed by atoms with Gasteiger partial charge in [-0.15, -0.1) is 12.4 Å². The van der Waals surface area contributed by atoms with Crippen molar-refractivity contribution in [1.29, 1.82) is 15.8 Å². The van der Waals surface area contributed by atoms with Crippen molar-refractivity contribution in [3.8, 4) is 30.0 Å². The van der Waals surface area contributed by atoms with E-state index in [9.17, 15) is 29.7 Å². The van der Waals surface area contributed by atoms with E-state index in [0.717, 1.165) is 65.8 Å². The number of nitrogens with zero attached hydrogens (tertiary/aromatic N) is 3. The van der Waals surface area contributed by atoms with Gasteiger partial charge in [0.05, 0.1) is 5.29 Å². The van der Waals surface area contributed by atoms with Crippen LogP contribution in [0.15, 0.2) is 242 Å². The van der Waals surface area contributed by atoms with Crippen molar-refractivity contribution in [3.05, 3.63) is 299 Å². The largest absolute Gasteiger partial charge is 0.475 e.